The fraction of sp³-hybridized carbons (Fsp3) is 0.387. The van der Waals surface area contributed by atoms with E-state index >= 15 is 0 Å². The van der Waals surface area contributed by atoms with E-state index in [0.717, 1.165) is 16.7 Å². The molecule has 2 aromatic heterocycles. The molecule has 12 nitrogen and oxygen atoms in total. The number of fused-ring (bicyclic) bond motifs is 2. The zero-order valence-corrected chi connectivity index (χ0v) is 26.1. The molecule has 1 amide bonds. The van der Waals surface area contributed by atoms with Crippen LogP contribution in [0.15, 0.2) is 47.4 Å². The molecule has 2 aromatic carbocycles. The molecule has 0 saturated carbocycles. The Balaban J connectivity index is 1.26. The Labute approximate surface area is 256 Å². The Bertz CT molecular complexity index is 1850. The van der Waals surface area contributed by atoms with Crippen LogP contribution in [0.3, 0.4) is 0 Å². The number of aliphatic hydroxyl groups is 1. The smallest absolute Gasteiger partial charge is 0.261 e. The van der Waals surface area contributed by atoms with Crippen molar-refractivity contribution in [3.05, 3.63) is 75.2 Å². The molecule has 4 N–H and O–H groups in total. The number of carbonyl (C=O) groups is 1. The number of pyridine rings is 1. The van der Waals surface area contributed by atoms with E-state index in [4.69, 9.17) is 4.74 Å². The van der Waals surface area contributed by atoms with Crippen molar-refractivity contribution in [3.63, 3.8) is 0 Å². The molecule has 44 heavy (non-hydrogen) atoms. The maximum absolute atomic E-state index is 13.2. The highest BCUT2D eigenvalue weighted by atomic mass is 32.2. The summed E-state index contributed by atoms with van der Waals surface area (Å²) in [4.78, 5) is 40.3. The number of hydrogen-bond acceptors (Lipinski definition) is 9. The van der Waals surface area contributed by atoms with Gasteiger partial charge in [-0.2, -0.15) is 0 Å². The largest absolute Gasteiger partial charge is 0.491 e. The quantitative estimate of drug-likeness (QED) is 0.175. The molecule has 234 valence electrons. The molecule has 0 radical (unpaired) electrons. The second-order valence-corrected chi connectivity index (χ2v) is 13.7. The van der Waals surface area contributed by atoms with Crippen LogP contribution in [0.25, 0.3) is 22.4 Å². The number of nitrogens with zero attached hydrogens (tertiary/aromatic N) is 3. The molecular weight excluding hydrogens is 584 g/mol. The van der Waals surface area contributed by atoms with E-state index in [1.807, 2.05) is 50.1 Å². The molecule has 1 unspecified atom stereocenters. The van der Waals surface area contributed by atoms with Gasteiger partial charge in [-0.05, 0) is 56.3 Å². The lowest BCUT2D eigenvalue weighted by Crippen LogP contribution is -2.35. The third-order valence-electron chi connectivity index (χ3n) is 7.67. The van der Waals surface area contributed by atoms with Crippen molar-refractivity contribution in [1.82, 2.24) is 24.8 Å². The van der Waals surface area contributed by atoms with Crippen LogP contribution in [0, 0.1) is 13.8 Å². The lowest BCUT2D eigenvalue weighted by molar-refractivity contribution is 0.0765. The average molecular weight is 623 g/mol. The van der Waals surface area contributed by atoms with Crippen molar-refractivity contribution in [2.75, 3.05) is 57.2 Å². The van der Waals surface area contributed by atoms with Crippen LogP contribution < -0.4 is 15.6 Å². The van der Waals surface area contributed by atoms with Gasteiger partial charge in [-0.1, -0.05) is 17.7 Å². The number of aryl methyl sites for hydroxylation is 2. The summed E-state index contributed by atoms with van der Waals surface area (Å²) in [5.41, 5.74) is 5.19. The second-order valence-electron chi connectivity index (χ2n) is 11.5. The minimum atomic E-state index is -3.05. The van der Waals surface area contributed by atoms with E-state index in [1.54, 1.807) is 17.0 Å². The zero-order chi connectivity index (χ0) is 31.6. The number of likely N-dealkylation sites (N-methyl/N-ethyl adjacent to an activating group) is 1. The molecule has 4 aromatic rings. The first-order chi connectivity index (χ1) is 20.9. The van der Waals surface area contributed by atoms with Crippen LogP contribution in [0.2, 0.25) is 0 Å². The fourth-order valence-electron chi connectivity index (χ4n) is 5.20. The fourth-order valence-corrected chi connectivity index (χ4v) is 5.84. The lowest BCUT2D eigenvalue weighted by Gasteiger charge is -2.21. The molecule has 1 atom stereocenters. The summed E-state index contributed by atoms with van der Waals surface area (Å²) < 4.78 is 28.7. The van der Waals surface area contributed by atoms with Gasteiger partial charge < -0.3 is 34.9 Å². The molecule has 0 bridgehead atoms. The number of imidazole rings is 1. The van der Waals surface area contributed by atoms with Gasteiger partial charge in [0.15, 0.2) is 0 Å². The van der Waals surface area contributed by atoms with Gasteiger partial charge in [0, 0.05) is 50.7 Å². The Kier molecular flexibility index (Phi) is 9.09. The first-order valence-electron chi connectivity index (χ1n) is 14.4. The van der Waals surface area contributed by atoms with Gasteiger partial charge in [-0.3, -0.25) is 9.59 Å². The maximum atomic E-state index is 13.2. The SMILES string of the molecule is Cc1ccc(OCC(O)CNc2cc[nH]c(=O)c2-c2nc3cc4c(cc3[nH]2)CN(CCN(C)CCS(C)(=O)=O)C4=O)c(C)c1. The second kappa shape index (κ2) is 12.8. The van der Waals surface area contributed by atoms with E-state index in [-0.39, 0.29) is 35.9 Å². The number of carbonyl (C=O) groups excluding carboxylic acids is 1. The monoisotopic (exact) mass is 622 g/mol. The molecule has 0 spiro atoms. The number of hydrogen-bond donors (Lipinski definition) is 4. The average Bonchev–Trinajstić information content (AvgIpc) is 3.51. The maximum Gasteiger partial charge on any atom is 0.261 e. The molecule has 13 heteroatoms. The van der Waals surface area contributed by atoms with Crippen molar-refractivity contribution >= 4 is 32.5 Å². The predicted octanol–water partition coefficient (Wildman–Crippen LogP) is 2.32. The summed E-state index contributed by atoms with van der Waals surface area (Å²) in [6.45, 7) is 6.03. The van der Waals surface area contributed by atoms with E-state index < -0.39 is 15.9 Å². The van der Waals surface area contributed by atoms with Gasteiger partial charge in [0.25, 0.3) is 11.5 Å². The number of ether oxygens (including phenoxy) is 1. The molecule has 1 aliphatic heterocycles. The number of benzene rings is 2. The third-order valence-corrected chi connectivity index (χ3v) is 8.59. The van der Waals surface area contributed by atoms with Gasteiger partial charge in [0.2, 0.25) is 0 Å². The number of H-pyrrole nitrogens is 2. The molecule has 3 heterocycles. The Hall–Kier alpha value is -4.20. The predicted molar refractivity (Wildman–Crippen MR) is 170 cm³/mol. The topological polar surface area (TPSA) is 161 Å². The molecule has 0 aliphatic carbocycles. The number of amides is 1. The third kappa shape index (κ3) is 7.29. The van der Waals surface area contributed by atoms with Crippen LogP contribution in [0.5, 0.6) is 5.75 Å². The first-order valence-corrected chi connectivity index (χ1v) is 16.5. The van der Waals surface area contributed by atoms with Gasteiger partial charge in [-0.25, -0.2) is 13.4 Å². The van der Waals surface area contributed by atoms with E-state index in [1.165, 1.54) is 12.5 Å². The van der Waals surface area contributed by atoms with Crippen molar-refractivity contribution in [2.45, 2.75) is 26.5 Å². The number of aliphatic hydroxyl groups excluding tert-OH is 1. The van der Waals surface area contributed by atoms with Crippen LogP contribution in [-0.4, -0.2) is 102 Å². The molecule has 1 aliphatic rings. The van der Waals surface area contributed by atoms with Crippen molar-refractivity contribution in [2.24, 2.45) is 0 Å². The minimum absolute atomic E-state index is 0.0701. The Morgan fingerprint density at radius 2 is 1.95 bits per heavy atom. The van der Waals surface area contributed by atoms with Gasteiger partial charge in [0.05, 0.1) is 22.5 Å². The summed E-state index contributed by atoms with van der Waals surface area (Å²) in [5, 5.41) is 13.7. The Morgan fingerprint density at radius 1 is 1.16 bits per heavy atom. The standard InChI is InChI=1S/C31H38N6O6S/c1-19-5-6-27(20(2)13-19)43-18-22(38)16-33-24-7-8-32-30(39)28(24)29-34-25-14-21-17-37(31(40)23(21)15-26(25)35-29)10-9-36(3)11-12-44(4,41)42/h5-8,13-15,22,38H,9-12,16-18H2,1-4H3,(H,34,35)(H2,32,33,39). The van der Waals surface area contributed by atoms with Crippen LogP contribution in [0.1, 0.15) is 27.0 Å². The van der Waals surface area contributed by atoms with Crippen LogP contribution in [-0.2, 0) is 16.4 Å². The normalized spacial score (nSPS) is 14.0. The number of aromatic amines is 2. The van der Waals surface area contributed by atoms with E-state index in [0.29, 0.717) is 60.0 Å². The van der Waals surface area contributed by atoms with Crippen molar-refractivity contribution < 1.29 is 23.1 Å². The van der Waals surface area contributed by atoms with Gasteiger partial charge in [0.1, 0.15) is 39.7 Å². The zero-order valence-electron chi connectivity index (χ0n) is 25.3. The minimum Gasteiger partial charge on any atom is -0.491 e. The summed E-state index contributed by atoms with van der Waals surface area (Å²) in [6.07, 6.45) is 1.90. The summed E-state index contributed by atoms with van der Waals surface area (Å²) in [6, 6.07) is 11.2. The number of nitrogens with one attached hydrogen (secondary N) is 3. The van der Waals surface area contributed by atoms with Crippen molar-refractivity contribution in [1.29, 1.82) is 0 Å². The summed E-state index contributed by atoms with van der Waals surface area (Å²) >= 11 is 0. The lowest BCUT2D eigenvalue weighted by atomic mass is 10.1. The van der Waals surface area contributed by atoms with Gasteiger partial charge in [-0.15, -0.1) is 0 Å². The number of rotatable bonds is 13. The first kappa shape index (κ1) is 31.2. The van der Waals surface area contributed by atoms with Crippen LogP contribution >= 0.6 is 0 Å². The van der Waals surface area contributed by atoms with Crippen LogP contribution in [0.4, 0.5) is 5.69 Å². The molecule has 5 rings (SSSR count). The highest BCUT2D eigenvalue weighted by Gasteiger charge is 2.29. The van der Waals surface area contributed by atoms with Gasteiger partial charge >= 0.3 is 0 Å². The van der Waals surface area contributed by atoms with Crippen molar-refractivity contribution in [3.8, 4) is 17.1 Å². The Morgan fingerprint density at radius 3 is 2.70 bits per heavy atom. The van der Waals surface area contributed by atoms with E-state index in [9.17, 15) is 23.1 Å². The van der Waals surface area contributed by atoms with E-state index in [2.05, 4.69) is 20.3 Å². The molecule has 0 fully saturated rings. The summed E-state index contributed by atoms with van der Waals surface area (Å²) in [5.74, 6) is 1.01. The molecular formula is C31H38N6O6S. The highest BCUT2D eigenvalue weighted by Crippen LogP contribution is 2.30. The number of aromatic nitrogens is 3. The molecule has 0 saturated heterocycles. The highest BCUT2D eigenvalue weighted by molar-refractivity contribution is 7.90. The number of anilines is 1. The number of sulfone groups is 1. The summed E-state index contributed by atoms with van der Waals surface area (Å²) in [7, 11) is -1.22.